The highest BCUT2D eigenvalue weighted by Crippen LogP contribution is 2.12. The third kappa shape index (κ3) is 5.99. The molecule has 1 amide bonds. The number of carboxylic acids is 1. The summed E-state index contributed by atoms with van der Waals surface area (Å²) in [4.78, 5) is 22.3. The Morgan fingerprint density at radius 3 is 2.76 bits per heavy atom. The van der Waals surface area contributed by atoms with Gasteiger partial charge in [0.2, 0.25) is 0 Å². The van der Waals surface area contributed by atoms with Crippen molar-refractivity contribution < 1.29 is 19.1 Å². The Morgan fingerprint density at radius 2 is 2.19 bits per heavy atom. The van der Waals surface area contributed by atoms with Crippen molar-refractivity contribution in [2.45, 2.75) is 6.92 Å². The number of benzene rings is 1. The summed E-state index contributed by atoms with van der Waals surface area (Å²) in [5, 5.41) is 11.2. The third-order valence-corrected chi connectivity index (χ3v) is 3.62. The van der Waals surface area contributed by atoms with Gasteiger partial charge in [0.1, 0.15) is 5.82 Å². The Balaban J connectivity index is 2.71. The molecule has 4 nitrogen and oxygen atoms in total. The fourth-order valence-electron chi connectivity index (χ4n) is 1.69. The molecule has 1 unspecified atom stereocenters. The normalized spacial score (nSPS) is 12.3. The van der Waals surface area contributed by atoms with E-state index >= 15 is 0 Å². The van der Waals surface area contributed by atoms with Crippen molar-refractivity contribution in [3.05, 3.63) is 41.2 Å². The topological polar surface area (TPSA) is 66.4 Å². The van der Waals surface area contributed by atoms with Gasteiger partial charge in [-0.15, -0.1) is 0 Å². The second-order valence-corrected chi connectivity index (χ2v) is 5.59. The number of amides is 1. The molecule has 0 spiro atoms. The Morgan fingerprint density at radius 1 is 1.48 bits per heavy atom. The van der Waals surface area contributed by atoms with Gasteiger partial charge >= 0.3 is 5.97 Å². The summed E-state index contributed by atoms with van der Waals surface area (Å²) in [6.07, 6.45) is 4.17. The van der Waals surface area contributed by atoms with Gasteiger partial charge in [0.15, 0.2) is 0 Å². The number of thioether (sulfide) groups is 1. The Hall–Kier alpha value is -1.82. The molecule has 1 aromatic carbocycles. The van der Waals surface area contributed by atoms with Gasteiger partial charge in [-0.1, -0.05) is 13.0 Å². The quantitative estimate of drug-likeness (QED) is 0.760. The van der Waals surface area contributed by atoms with Crippen LogP contribution in [0.5, 0.6) is 0 Å². The SMILES string of the molecule is CSCC(C)CNC(=O)c1ccc(C=CC(=O)O)cc1F. The molecule has 0 aliphatic heterocycles. The molecule has 1 atom stereocenters. The van der Waals surface area contributed by atoms with E-state index in [-0.39, 0.29) is 5.56 Å². The van der Waals surface area contributed by atoms with Crippen molar-refractivity contribution in [1.82, 2.24) is 5.32 Å². The number of carbonyl (C=O) groups is 2. The molecule has 1 rings (SSSR count). The summed E-state index contributed by atoms with van der Waals surface area (Å²) in [7, 11) is 0. The van der Waals surface area contributed by atoms with E-state index in [9.17, 15) is 14.0 Å². The molecular formula is C15H18FNO3S. The lowest BCUT2D eigenvalue weighted by Crippen LogP contribution is -2.29. The van der Waals surface area contributed by atoms with E-state index in [1.165, 1.54) is 18.2 Å². The van der Waals surface area contributed by atoms with Crippen molar-refractivity contribution in [1.29, 1.82) is 0 Å². The predicted octanol–water partition coefficient (Wildman–Crippen LogP) is 2.65. The fourth-order valence-corrected chi connectivity index (χ4v) is 2.38. The zero-order chi connectivity index (χ0) is 15.8. The minimum absolute atomic E-state index is 0.0428. The molecule has 21 heavy (non-hydrogen) atoms. The van der Waals surface area contributed by atoms with Crippen LogP contribution in [0.3, 0.4) is 0 Å². The second kappa shape index (κ2) is 8.46. The number of nitrogens with one attached hydrogen (secondary N) is 1. The van der Waals surface area contributed by atoms with Crippen molar-refractivity contribution in [2.24, 2.45) is 5.92 Å². The highest BCUT2D eigenvalue weighted by atomic mass is 32.2. The highest BCUT2D eigenvalue weighted by molar-refractivity contribution is 7.98. The third-order valence-electron chi connectivity index (χ3n) is 2.72. The minimum Gasteiger partial charge on any atom is -0.478 e. The van der Waals surface area contributed by atoms with Gasteiger partial charge in [-0.3, -0.25) is 4.79 Å². The predicted molar refractivity (Wildman–Crippen MR) is 82.9 cm³/mol. The zero-order valence-corrected chi connectivity index (χ0v) is 12.7. The smallest absolute Gasteiger partial charge is 0.328 e. The number of hydrogen-bond acceptors (Lipinski definition) is 3. The first-order valence-corrected chi connectivity index (χ1v) is 7.81. The number of carboxylic acid groups (broad SMARTS) is 1. The monoisotopic (exact) mass is 311 g/mol. The lowest BCUT2D eigenvalue weighted by atomic mass is 10.1. The van der Waals surface area contributed by atoms with Crippen LogP contribution in [0.2, 0.25) is 0 Å². The van der Waals surface area contributed by atoms with Gasteiger partial charge in [0, 0.05) is 12.6 Å². The van der Waals surface area contributed by atoms with Gasteiger partial charge in [-0.05, 0) is 41.7 Å². The standard InChI is InChI=1S/C15H18FNO3S/c1-10(9-21-2)8-17-15(20)12-5-3-11(7-13(12)16)4-6-14(18)19/h3-7,10H,8-9H2,1-2H3,(H,17,20)(H,18,19). The Bertz CT molecular complexity index is 546. The lowest BCUT2D eigenvalue weighted by molar-refractivity contribution is -0.131. The first-order valence-electron chi connectivity index (χ1n) is 6.41. The van der Waals surface area contributed by atoms with Crippen LogP contribution in [-0.2, 0) is 4.79 Å². The molecule has 114 valence electrons. The van der Waals surface area contributed by atoms with Crippen LogP contribution in [0.15, 0.2) is 24.3 Å². The number of halogens is 1. The molecule has 2 N–H and O–H groups in total. The van der Waals surface area contributed by atoms with Crippen LogP contribution < -0.4 is 5.32 Å². The van der Waals surface area contributed by atoms with E-state index in [1.807, 2.05) is 13.2 Å². The number of hydrogen-bond donors (Lipinski definition) is 2. The van der Waals surface area contributed by atoms with Gasteiger partial charge in [-0.2, -0.15) is 11.8 Å². The second-order valence-electron chi connectivity index (χ2n) is 4.68. The Kier molecular flexibility index (Phi) is 6.94. The Labute approximate surface area is 127 Å². The average Bonchev–Trinajstić information content (AvgIpc) is 2.43. The fraction of sp³-hybridized carbons (Fsp3) is 0.333. The molecule has 0 aromatic heterocycles. The van der Waals surface area contributed by atoms with E-state index in [1.54, 1.807) is 11.8 Å². The van der Waals surface area contributed by atoms with E-state index in [4.69, 9.17) is 5.11 Å². The van der Waals surface area contributed by atoms with E-state index in [0.717, 1.165) is 17.9 Å². The number of carbonyl (C=O) groups excluding carboxylic acids is 1. The van der Waals surface area contributed by atoms with Crippen LogP contribution in [-0.4, -0.2) is 35.5 Å². The van der Waals surface area contributed by atoms with Crippen molar-refractivity contribution >= 4 is 29.7 Å². The summed E-state index contributed by atoms with van der Waals surface area (Å²) in [6.45, 7) is 2.49. The molecule has 0 fully saturated rings. The largest absolute Gasteiger partial charge is 0.478 e. The van der Waals surface area contributed by atoms with E-state index in [0.29, 0.717) is 18.0 Å². The summed E-state index contributed by atoms with van der Waals surface area (Å²) in [5.41, 5.74) is 0.348. The van der Waals surface area contributed by atoms with Crippen molar-refractivity contribution in [2.75, 3.05) is 18.6 Å². The van der Waals surface area contributed by atoms with Crippen LogP contribution in [0.4, 0.5) is 4.39 Å². The van der Waals surface area contributed by atoms with Crippen LogP contribution in [0.1, 0.15) is 22.8 Å². The number of rotatable bonds is 7. The highest BCUT2D eigenvalue weighted by Gasteiger charge is 2.12. The molecule has 0 heterocycles. The van der Waals surface area contributed by atoms with Gasteiger partial charge in [0.25, 0.3) is 5.91 Å². The van der Waals surface area contributed by atoms with Gasteiger partial charge in [0.05, 0.1) is 5.56 Å². The summed E-state index contributed by atoms with van der Waals surface area (Å²) in [6, 6.07) is 3.99. The molecular weight excluding hydrogens is 293 g/mol. The van der Waals surface area contributed by atoms with Gasteiger partial charge in [-0.25, -0.2) is 9.18 Å². The molecule has 0 aliphatic carbocycles. The molecule has 6 heteroatoms. The maximum absolute atomic E-state index is 13.9. The zero-order valence-electron chi connectivity index (χ0n) is 11.9. The first-order chi connectivity index (χ1) is 9.93. The maximum Gasteiger partial charge on any atom is 0.328 e. The average molecular weight is 311 g/mol. The summed E-state index contributed by atoms with van der Waals surface area (Å²) >= 11 is 1.69. The maximum atomic E-state index is 13.9. The molecule has 0 aliphatic rings. The molecule has 0 bridgehead atoms. The van der Waals surface area contributed by atoms with Gasteiger partial charge < -0.3 is 10.4 Å². The first kappa shape index (κ1) is 17.2. The van der Waals surface area contributed by atoms with Crippen LogP contribution in [0, 0.1) is 11.7 Å². The summed E-state index contributed by atoms with van der Waals surface area (Å²) in [5.74, 6) is -1.02. The molecule has 1 aromatic rings. The molecule has 0 radical (unpaired) electrons. The number of aliphatic carboxylic acids is 1. The van der Waals surface area contributed by atoms with Crippen molar-refractivity contribution in [3.63, 3.8) is 0 Å². The van der Waals surface area contributed by atoms with E-state index < -0.39 is 17.7 Å². The van der Waals surface area contributed by atoms with Crippen LogP contribution in [0.25, 0.3) is 6.08 Å². The van der Waals surface area contributed by atoms with Crippen molar-refractivity contribution in [3.8, 4) is 0 Å². The van der Waals surface area contributed by atoms with Crippen LogP contribution >= 0.6 is 11.8 Å². The molecule has 0 saturated heterocycles. The van der Waals surface area contributed by atoms with E-state index in [2.05, 4.69) is 5.32 Å². The minimum atomic E-state index is -1.11. The summed E-state index contributed by atoms with van der Waals surface area (Å²) < 4.78 is 13.9. The lowest BCUT2D eigenvalue weighted by Gasteiger charge is -2.11. The molecule has 0 saturated carbocycles.